The molecule has 0 aliphatic heterocycles. The van der Waals surface area contributed by atoms with Gasteiger partial charge in [0.25, 0.3) is 0 Å². The van der Waals surface area contributed by atoms with Gasteiger partial charge in [0.1, 0.15) is 5.75 Å². The molecule has 0 aromatic heterocycles. The van der Waals surface area contributed by atoms with Crippen molar-refractivity contribution in [2.24, 2.45) is 0 Å². The number of benzene rings is 2. The Morgan fingerprint density at radius 1 is 0.885 bits per heavy atom. The summed E-state index contributed by atoms with van der Waals surface area (Å²) < 4.78 is 15.8. The van der Waals surface area contributed by atoms with Crippen molar-refractivity contribution in [2.45, 2.75) is 19.5 Å². The van der Waals surface area contributed by atoms with Crippen LogP contribution in [0.4, 0.5) is 0 Å². The Morgan fingerprint density at radius 3 is 2.35 bits per heavy atom. The van der Waals surface area contributed by atoms with Gasteiger partial charge in [-0.25, -0.2) is 0 Å². The molecule has 0 fully saturated rings. The molecule has 6 heteroatoms. The Balaban J connectivity index is 1.72. The van der Waals surface area contributed by atoms with E-state index in [-0.39, 0.29) is 5.91 Å². The molecule has 0 atom stereocenters. The molecule has 6 nitrogen and oxygen atoms in total. The zero-order chi connectivity index (χ0) is 18.8. The van der Waals surface area contributed by atoms with E-state index in [1.807, 2.05) is 42.5 Å². The van der Waals surface area contributed by atoms with Gasteiger partial charge in [0, 0.05) is 31.6 Å². The third-order valence-electron chi connectivity index (χ3n) is 3.97. The number of carbonyl (C=O) groups excluding carboxylic acids is 1. The van der Waals surface area contributed by atoms with Gasteiger partial charge in [-0.1, -0.05) is 24.3 Å². The average molecular weight is 358 g/mol. The molecule has 0 radical (unpaired) electrons. The first-order chi connectivity index (χ1) is 12.7. The fourth-order valence-electron chi connectivity index (χ4n) is 2.56. The number of para-hydroxylation sites is 1. The fourth-order valence-corrected chi connectivity index (χ4v) is 2.56. The number of nitrogens with one attached hydrogen (secondary N) is 2. The van der Waals surface area contributed by atoms with E-state index in [0.717, 1.165) is 16.9 Å². The van der Waals surface area contributed by atoms with E-state index in [1.54, 1.807) is 21.3 Å². The molecule has 0 heterocycles. The quantitative estimate of drug-likeness (QED) is 0.639. The van der Waals surface area contributed by atoms with Crippen molar-refractivity contribution < 1.29 is 19.0 Å². The van der Waals surface area contributed by atoms with E-state index in [4.69, 9.17) is 14.2 Å². The predicted octanol–water partition coefficient (Wildman–Crippen LogP) is 2.51. The first kappa shape index (κ1) is 19.6. The zero-order valence-electron chi connectivity index (χ0n) is 15.5. The second kappa shape index (κ2) is 10.3. The lowest BCUT2D eigenvalue weighted by molar-refractivity contribution is -0.121. The molecular formula is C20H26N2O4. The van der Waals surface area contributed by atoms with Crippen LogP contribution in [-0.4, -0.2) is 33.8 Å². The first-order valence-corrected chi connectivity index (χ1v) is 8.48. The molecule has 0 aliphatic carbocycles. The van der Waals surface area contributed by atoms with Crippen molar-refractivity contribution >= 4 is 5.91 Å². The number of rotatable bonds is 10. The van der Waals surface area contributed by atoms with Crippen LogP contribution >= 0.6 is 0 Å². The number of hydrogen-bond donors (Lipinski definition) is 2. The normalized spacial score (nSPS) is 10.3. The van der Waals surface area contributed by atoms with Crippen LogP contribution in [0.1, 0.15) is 17.5 Å². The van der Waals surface area contributed by atoms with Gasteiger partial charge in [-0.3, -0.25) is 4.79 Å². The molecule has 26 heavy (non-hydrogen) atoms. The topological polar surface area (TPSA) is 68.8 Å². The number of amides is 1. The maximum Gasteiger partial charge on any atom is 0.221 e. The number of hydrogen-bond acceptors (Lipinski definition) is 5. The molecule has 140 valence electrons. The third-order valence-corrected chi connectivity index (χ3v) is 3.97. The molecule has 2 aromatic carbocycles. The lowest BCUT2D eigenvalue weighted by Gasteiger charge is -2.11. The van der Waals surface area contributed by atoms with Gasteiger partial charge in [-0.15, -0.1) is 0 Å². The highest BCUT2D eigenvalue weighted by atomic mass is 16.5. The molecule has 0 bridgehead atoms. The summed E-state index contributed by atoms with van der Waals surface area (Å²) in [6.45, 7) is 1.70. The van der Waals surface area contributed by atoms with Crippen LogP contribution in [0.15, 0.2) is 42.5 Å². The minimum atomic E-state index is -0.00397. The van der Waals surface area contributed by atoms with E-state index in [2.05, 4.69) is 10.6 Å². The average Bonchev–Trinajstić information content (AvgIpc) is 2.69. The van der Waals surface area contributed by atoms with Gasteiger partial charge in [0.05, 0.1) is 21.3 Å². The number of methoxy groups -OCH3 is 3. The minimum Gasteiger partial charge on any atom is -0.496 e. The van der Waals surface area contributed by atoms with Crippen LogP contribution < -0.4 is 24.8 Å². The number of carbonyl (C=O) groups is 1. The summed E-state index contributed by atoms with van der Waals surface area (Å²) in [5, 5.41) is 6.17. The Kier molecular flexibility index (Phi) is 7.76. The molecule has 1 amide bonds. The van der Waals surface area contributed by atoms with Crippen LogP contribution in [-0.2, 0) is 17.9 Å². The van der Waals surface area contributed by atoms with Gasteiger partial charge in [0.2, 0.25) is 5.91 Å². The molecule has 0 unspecified atom stereocenters. The second-order valence-corrected chi connectivity index (χ2v) is 5.70. The second-order valence-electron chi connectivity index (χ2n) is 5.70. The van der Waals surface area contributed by atoms with Crippen molar-refractivity contribution in [3.8, 4) is 17.2 Å². The van der Waals surface area contributed by atoms with Gasteiger partial charge in [0.15, 0.2) is 11.5 Å². The Morgan fingerprint density at radius 2 is 1.62 bits per heavy atom. The van der Waals surface area contributed by atoms with Crippen molar-refractivity contribution in [3.63, 3.8) is 0 Å². The standard InChI is InChI=1S/C20H26N2O4/c1-24-17-7-5-4-6-16(17)14-22-20(23)10-11-21-13-15-8-9-18(25-2)19(12-15)26-3/h4-9,12,21H,10-11,13-14H2,1-3H3,(H,22,23). The van der Waals surface area contributed by atoms with Crippen LogP contribution in [0.3, 0.4) is 0 Å². The lowest BCUT2D eigenvalue weighted by Crippen LogP contribution is -2.27. The predicted molar refractivity (Wildman–Crippen MR) is 101 cm³/mol. The first-order valence-electron chi connectivity index (χ1n) is 8.48. The largest absolute Gasteiger partial charge is 0.496 e. The summed E-state index contributed by atoms with van der Waals surface area (Å²) in [5.41, 5.74) is 2.03. The summed E-state index contributed by atoms with van der Waals surface area (Å²) >= 11 is 0. The molecule has 2 N–H and O–H groups in total. The van der Waals surface area contributed by atoms with Crippen LogP contribution in [0.5, 0.6) is 17.2 Å². The molecule has 2 rings (SSSR count). The molecule has 0 spiro atoms. The lowest BCUT2D eigenvalue weighted by atomic mass is 10.2. The Hall–Kier alpha value is -2.73. The summed E-state index contributed by atoms with van der Waals surface area (Å²) in [7, 11) is 4.85. The van der Waals surface area contributed by atoms with Gasteiger partial charge < -0.3 is 24.8 Å². The Labute approximate surface area is 154 Å². The maximum atomic E-state index is 12.0. The van der Waals surface area contributed by atoms with Gasteiger partial charge in [-0.05, 0) is 23.8 Å². The van der Waals surface area contributed by atoms with E-state index in [9.17, 15) is 4.79 Å². The van der Waals surface area contributed by atoms with E-state index in [1.165, 1.54) is 0 Å². The third kappa shape index (κ3) is 5.67. The van der Waals surface area contributed by atoms with Gasteiger partial charge in [-0.2, -0.15) is 0 Å². The van der Waals surface area contributed by atoms with E-state index >= 15 is 0 Å². The monoisotopic (exact) mass is 358 g/mol. The maximum absolute atomic E-state index is 12.0. The Bertz CT molecular complexity index is 719. The van der Waals surface area contributed by atoms with E-state index in [0.29, 0.717) is 37.6 Å². The summed E-state index contributed by atoms with van der Waals surface area (Å²) in [6.07, 6.45) is 0.405. The fraction of sp³-hybridized carbons (Fsp3) is 0.350. The highest BCUT2D eigenvalue weighted by Crippen LogP contribution is 2.27. The van der Waals surface area contributed by atoms with Crippen molar-refractivity contribution in [3.05, 3.63) is 53.6 Å². The molecular weight excluding hydrogens is 332 g/mol. The minimum absolute atomic E-state index is 0.00397. The molecule has 2 aromatic rings. The zero-order valence-corrected chi connectivity index (χ0v) is 15.5. The highest BCUT2D eigenvalue weighted by molar-refractivity contribution is 5.76. The SMILES string of the molecule is COc1ccccc1CNC(=O)CCNCc1ccc(OC)c(OC)c1. The van der Waals surface area contributed by atoms with E-state index < -0.39 is 0 Å². The smallest absolute Gasteiger partial charge is 0.221 e. The van der Waals surface area contributed by atoms with Crippen molar-refractivity contribution in [2.75, 3.05) is 27.9 Å². The summed E-state index contributed by atoms with van der Waals surface area (Å²) in [4.78, 5) is 12.0. The molecule has 0 saturated heterocycles. The summed E-state index contributed by atoms with van der Waals surface area (Å²) in [5.74, 6) is 2.17. The van der Waals surface area contributed by atoms with Gasteiger partial charge >= 0.3 is 0 Å². The number of ether oxygens (including phenoxy) is 3. The molecule has 0 saturated carbocycles. The van der Waals surface area contributed by atoms with Crippen LogP contribution in [0, 0.1) is 0 Å². The van der Waals surface area contributed by atoms with Crippen LogP contribution in [0.25, 0.3) is 0 Å². The van der Waals surface area contributed by atoms with Crippen LogP contribution in [0.2, 0.25) is 0 Å². The van der Waals surface area contributed by atoms with Crippen molar-refractivity contribution in [1.29, 1.82) is 0 Å². The highest BCUT2D eigenvalue weighted by Gasteiger charge is 2.06. The summed E-state index contributed by atoms with van der Waals surface area (Å²) in [6, 6.07) is 13.4. The molecule has 0 aliphatic rings. The van der Waals surface area contributed by atoms with Crippen molar-refractivity contribution in [1.82, 2.24) is 10.6 Å².